The van der Waals surface area contributed by atoms with E-state index in [9.17, 15) is 13.2 Å². The third-order valence-corrected chi connectivity index (χ3v) is 6.34. The van der Waals surface area contributed by atoms with E-state index in [-0.39, 0.29) is 13.0 Å². The lowest BCUT2D eigenvalue weighted by molar-refractivity contribution is -0.137. The highest BCUT2D eigenvalue weighted by atomic mass is 32.2. The van der Waals surface area contributed by atoms with E-state index < -0.39 is 16.2 Å². The minimum Gasteiger partial charge on any atom is -0.481 e. The van der Waals surface area contributed by atoms with Crippen molar-refractivity contribution in [3.63, 3.8) is 0 Å². The molecule has 2 unspecified atom stereocenters. The summed E-state index contributed by atoms with van der Waals surface area (Å²) < 4.78 is 27.8. The van der Waals surface area contributed by atoms with Gasteiger partial charge in [-0.25, -0.2) is 4.72 Å². The Morgan fingerprint density at radius 3 is 2.43 bits per heavy atom. The summed E-state index contributed by atoms with van der Waals surface area (Å²) in [5, 5.41) is 8.61. The predicted octanol–water partition coefficient (Wildman–Crippen LogP) is 0.100. The lowest BCUT2D eigenvalue weighted by Crippen LogP contribution is -2.45. The standard InChI is InChI=1S/C13H25N3O4S/c1-15(6-5-13(17)18)21(19,20)14-9-10-7-11-3-4-12(8-10)16(11)2/h10-12,14H,3-9H2,1-2H3,(H,17,18). The number of hydrogen-bond acceptors (Lipinski definition) is 4. The second-order valence-corrected chi connectivity index (χ2v) is 8.07. The first-order chi connectivity index (χ1) is 9.79. The molecule has 2 fully saturated rings. The number of fused-ring (bicyclic) bond motifs is 2. The first-order valence-corrected chi connectivity index (χ1v) is 8.88. The van der Waals surface area contributed by atoms with Crippen LogP contribution in [0.25, 0.3) is 0 Å². The summed E-state index contributed by atoms with van der Waals surface area (Å²) in [4.78, 5) is 12.9. The fourth-order valence-electron chi connectivity index (χ4n) is 3.40. The Morgan fingerprint density at radius 1 is 1.33 bits per heavy atom. The number of aliphatic carboxylic acids is 1. The first-order valence-electron chi connectivity index (χ1n) is 7.44. The Morgan fingerprint density at radius 2 is 1.90 bits per heavy atom. The van der Waals surface area contributed by atoms with Crippen molar-refractivity contribution in [1.29, 1.82) is 0 Å². The largest absolute Gasteiger partial charge is 0.481 e. The smallest absolute Gasteiger partial charge is 0.304 e. The van der Waals surface area contributed by atoms with Gasteiger partial charge < -0.3 is 10.0 Å². The number of carboxylic acid groups (broad SMARTS) is 1. The number of nitrogens with one attached hydrogen (secondary N) is 1. The van der Waals surface area contributed by atoms with Crippen LogP contribution in [-0.2, 0) is 15.0 Å². The lowest BCUT2D eigenvalue weighted by atomic mass is 9.91. The predicted molar refractivity (Wildman–Crippen MR) is 79.1 cm³/mol. The Bertz CT molecular complexity index is 468. The van der Waals surface area contributed by atoms with Crippen LogP contribution >= 0.6 is 0 Å². The van der Waals surface area contributed by atoms with Crippen LogP contribution in [0.1, 0.15) is 32.1 Å². The number of hydrogen-bond donors (Lipinski definition) is 2. The van der Waals surface area contributed by atoms with Gasteiger partial charge in [-0.05, 0) is 38.6 Å². The molecule has 0 radical (unpaired) electrons. The Balaban J connectivity index is 1.81. The van der Waals surface area contributed by atoms with Crippen molar-refractivity contribution in [2.45, 2.75) is 44.2 Å². The van der Waals surface area contributed by atoms with Crippen molar-refractivity contribution < 1.29 is 18.3 Å². The highest BCUT2D eigenvalue weighted by Crippen LogP contribution is 2.37. The number of rotatable bonds is 7. The van der Waals surface area contributed by atoms with Gasteiger partial charge in [-0.3, -0.25) is 4.79 Å². The molecular formula is C13H25N3O4S. The summed E-state index contributed by atoms with van der Waals surface area (Å²) in [6.07, 6.45) is 4.31. The fourth-order valence-corrected chi connectivity index (χ4v) is 4.40. The summed E-state index contributed by atoms with van der Waals surface area (Å²) in [5.41, 5.74) is 0. The van der Waals surface area contributed by atoms with E-state index in [1.54, 1.807) is 0 Å². The molecule has 0 aromatic carbocycles. The van der Waals surface area contributed by atoms with Crippen molar-refractivity contribution in [2.75, 3.05) is 27.2 Å². The molecule has 2 rings (SSSR count). The normalized spacial score (nSPS) is 30.0. The molecular weight excluding hydrogens is 294 g/mol. The van der Waals surface area contributed by atoms with E-state index in [1.807, 2.05) is 0 Å². The van der Waals surface area contributed by atoms with Crippen molar-refractivity contribution in [3.8, 4) is 0 Å². The van der Waals surface area contributed by atoms with Crippen LogP contribution in [-0.4, -0.2) is 68.0 Å². The summed E-state index contributed by atoms with van der Waals surface area (Å²) in [7, 11) is -0.0155. The summed E-state index contributed by atoms with van der Waals surface area (Å²) in [6.45, 7) is 0.434. The maximum absolute atomic E-state index is 12.0. The molecule has 0 saturated carbocycles. The van der Waals surface area contributed by atoms with Crippen LogP contribution in [0.3, 0.4) is 0 Å². The zero-order valence-corrected chi connectivity index (χ0v) is 13.5. The molecule has 0 aromatic heterocycles. The minimum absolute atomic E-state index is 0.0106. The summed E-state index contributed by atoms with van der Waals surface area (Å²) >= 11 is 0. The Hall–Kier alpha value is -0.700. The van der Waals surface area contributed by atoms with E-state index in [1.165, 1.54) is 19.9 Å². The maximum atomic E-state index is 12.0. The molecule has 2 heterocycles. The quantitative estimate of drug-likeness (QED) is 0.695. The highest BCUT2D eigenvalue weighted by molar-refractivity contribution is 7.87. The van der Waals surface area contributed by atoms with Gasteiger partial charge >= 0.3 is 5.97 Å². The van der Waals surface area contributed by atoms with E-state index in [2.05, 4.69) is 16.7 Å². The molecule has 0 amide bonds. The number of nitrogens with zero attached hydrogens (tertiary/aromatic N) is 2. The second-order valence-electron chi connectivity index (χ2n) is 6.21. The van der Waals surface area contributed by atoms with Crippen LogP contribution in [0.5, 0.6) is 0 Å². The SMILES string of the molecule is CN1C2CCC1CC(CNS(=O)(=O)N(C)CCC(=O)O)C2. The third-order valence-electron chi connectivity index (χ3n) is 4.80. The maximum Gasteiger partial charge on any atom is 0.304 e. The topological polar surface area (TPSA) is 90.0 Å². The van der Waals surface area contributed by atoms with Crippen LogP contribution in [0.15, 0.2) is 0 Å². The average molecular weight is 319 g/mol. The van der Waals surface area contributed by atoms with E-state index >= 15 is 0 Å². The van der Waals surface area contributed by atoms with Crippen molar-refractivity contribution in [2.24, 2.45) is 5.92 Å². The molecule has 122 valence electrons. The molecule has 0 aliphatic carbocycles. The molecule has 2 atom stereocenters. The van der Waals surface area contributed by atoms with Crippen LogP contribution < -0.4 is 4.72 Å². The minimum atomic E-state index is -3.58. The molecule has 2 saturated heterocycles. The summed E-state index contributed by atoms with van der Waals surface area (Å²) in [5.74, 6) is -0.620. The van der Waals surface area contributed by atoms with Gasteiger partial charge in [0.1, 0.15) is 0 Å². The van der Waals surface area contributed by atoms with E-state index in [4.69, 9.17) is 5.11 Å². The van der Waals surface area contributed by atoms with Crippen molar-refractivity contribution >= 4 is 16.2 Å². The molecule has 0 spiro atoms. The molecule has 7 nitrogen and oxygen atoms in total. The molecule has 2 bridgehead atoms. The van der Waals surface area contributed by atoms with Gasteiger partial charge in [-0.15, -0.1) is 0 Å². The van der Waals surface area contributed by atoms with Crippen LogP contribution in [0, 0.1) is 5.92 Å². The number of carbonyl (C=O) groups is 1. The molecule has 2 aliphatic rings. The van der Waals surface area contributed by atoms with Gasteiger partial charge in [0.15, 0.2) is 0 Å². The van der Waals surface area contributed by atoms with Gasteiger partial charge in [0.2, 0.25) is 0 Å². The Labute approximate surface area is 126 Å². The van der Waals surface area contributed by atoms with Gasteiger partial charge in [0, 0.05) is 32.2 Å². The Kier molecular flexibility index (Phi) is 5.24. The monoisotopic (exact) mass is 319 g/mol. The van der Waals surface area contributed by atoms with E-state index in [0.29, 0.717) is 24.5 Å². The van der Waals surface area contributed by atoms with Gasteiger partial charge in [-0.1, -0.05) is 0 Å². The number of piperidine rings is 1. The van der Waals surface area contributed by atoms with Crippen molar-refractivity contribution in [1.82, 2.24) is 13.9 Å². The first kappa shape index (κ1) is 16.7. The average Bonchev–Trinajstić information content (AvgIpc) is 2.65. The third kappa shape index (κ3) is 4.15. The molecule has 21 heavy (non-hydrogen) atoms. The molecule has 0 aromatic rings. The summed E-state index contributed by atoms with van der Waals surface area (Å²) in [6, 6.07) is 1.17. The van der Waals surface area contributed by atoms with Crippen molar-refractivity contribution in [3.05, 3.63) is 0 Å². The molecule has 2 aliphatic heterocycles. The second kappa shape index (κ2) is 6.60. The van der Waals surface area contributed by atoms with Crippen LogP contribution in [0.2, 0.25) is 0 Å². The van der Waals surface area contributed by atoms with E-state index in [0.717, 1.165) is 17.1 Å². The molecule has 8 heteroatoms. The van der Waals surface area contributed by atoms with Gasteiger partial charge in [-0.2, -0.15) is 12.7 Å². The zero-order valence-electron chi connectivity index (χ0n) is 12.7. The zero-order chi connectivity index (χ0) is 15.6. The van der Waals surface area contributed by atoms with Gasteiger partial charge in [0.05, 0.1) is 6.42 Å². The lowest BCUT2D eigenvalue weighted by Gasteiger charge is -2.36. The number of carboxylic acids is 1. The van der Waals surface area contributed by atoms with Gasteiger partial charge in [0.25, 0.3) is 10.2 Å². The molecule has 2 N–H and O–H groups in total. The highest BCUT2D eigenvalue weighted by Gasteiger charge is 2.38. The fraction of sp³-hybridized carbons (Fsp3) is 0.923. The van der Waals surface area contributed by atoms with Crippen LogP contribution in [0.4, 0.5) is 0 Å².